The quantitative estimate of drug-likeness (QED) is 0.610. The van der Waals surface area contributed by atoms with Crippen molar-refractivity contribution in [3.05, 3.63) is 65.0 Å². The van der Waals surface area contributed by atoms with Gasteiger partial charge in [-0.15, -0.1) is 0 Å². The third kappa shape index (κ3) is 3.79. The molecule has 1 heterocycles. The predicted molar refractivity (Wildman–Crippen MR) is 93.8 cm³/mol. The zero-order valence-corrected chi connectivity index (χ0v) is 14.3. The normalized spacial score (nSPS) is 13.8. The second kappa shape index (κ2) is 7.47. The summed E-state index contributed by atoms with van der Waals surface area (Å²) in [5, 5.41) is 0. The first-order valence-electron chi connectivity index (χ1n) is 8.32. The summed E-state index contributed by atoms with van der Waals surface area (Å²) in [6.07, 6.45) is 1.37. The molecule has 0 radical (unpaired) electrons. The van der Waals surface area contributed by atoms with Gasteiger partial charge in [-0.1, -0.05) is 6.07 Å². The standard InChI is InChI=1S/C20H18FNO4/c1-13-4-5-15(11-17(13)21)20(25)26-12-18(23)14-6-8-16(9-7-14)22-10-2-3-19(22)24/h4-9,11H,2-3,10,12H2,1H3. The Bertz CT molecular complexity index is 861. The molecule has 2 aromatic carbocycles. The molecule has 2 aromatic rings. The number of hydrogen-bond acceptors (Lipinski definition) is 4. The molecule has 0 bridgehead atoms. The van der Waals surface area contributed by atoms with Crippen LogP contribution in [-0.2, 0) is 9.53 Å². The number of ketones is 1. The van der Waals surface area contributed by atoms with Gasteiger partial charge in [0.05, 0.1) is 5.56 Å². The molecule has 1 fully saturated rings. The van der Waals surface area contributed by atoms with E-state index in [2.05, 4.69) is 0 Å². The number of carbonyl (C=O) groups excluding carboxylic acids is 3. The SMILES string of the molecule is Cc1ccc(C(=O)OCC(=O)c2ccc(N3CCCC3=O)cc2)cc1F. The number of ether oxygens (including phenoxy) is 1. The summed E-state index contributed by atoms with van der Waals surface area (Å²) in [5.74, 6) is -1.55. The van der Waals surface area contributed by atoms with Crippen molar-refractivity contribution in [2.75, 3.05) is 18.1 Å². The van der Waals surface area contributed by atoms with Crippen molar-refractivity contribution in [2.24, 2.45) is 0 Å². The average Bonchev–Trinajstić information content (AvgIpc) is 3.07. The Balaban J connectivity index is 1.60. The van der Waals surface area contributed by atoms with Crippen LogP contribution in [0.15, 0.2) is 42.5 Å². The number of halogens is 1. The molecule has 0 unspecified atom stereocenters. The number of carbonyl (C=O) groups is 3. The molecule has 0 N–H and O–H groups in total. The molecule has 3 rings (SSSR count). The first-order chi connectivity index (χ1) is 12.5. The van der Waals surface area contributed by atoms with E-state index in [1.54, 1.807) is 36.1 Å². The van der Waals surface area contributed by atoms with Crippen LogP contribution in [0.4, 0.5) is 10.1 Å². The Labute approximate surface area is 150 Å². The molecule has 0 atom stereocenters. The molecule has 0 saturated carbocycles. The molecule has 26 heavy (non-hydrogen) atoms. The van der Waals surface area contributed by atoms with E-state index in [-0.39, 0.29) is 17.3 Å². The Hall–Kier alpha value is -3.02. The number of nitrogens with zero attached hydrogens (tertiary/aromatic N) is 1. The van der Waals surface area contributed by atoms with Crippen LogP contribution in [0, 0.1) is 12.7 Å². The lowest BCUT2D eigenvalue weighted by Crippen LogP contribution is -2.23. The number of benzene rings is 2. The van der Waals surface area contributed by atoms with E-state index in [0.717, 1.165) is 18.2 Å². The first-order valence-corrected chi connectivity index (χ1v) is 8.32. The highest BCUT2D eigenvalue weighted by Crippen LogP contribution is 2.21. The number of hydrogen-bond donors (Lipinski definition) is 0. The zero-order valence-electron chi connectivity index (χ0n) is 14.3. The van der Waals surface area contributed by atoms with Gasteiger partial charge in [-0.25, -0.2) is 9.18 Å². The fourth-order valence-electron chi connectivity index (χ4n) is 2.77. The third-order valence-corrected chi connectivity index (χ3v) is 4.32. The summed E-state index contributed by atoms with van der Waals surface area (Å²) in [6.45, 7) is 1.83. The summed E-state index contributed by atoms with van der Waals surface area (Å²) in [4.78, 5) is 37.5. The maximum Gasteiger partial charge on any atom is 0.338 e. The Morgan fingerprint density at radius 1 is 1.12 bits per heavy atom. The van der Waals surface area contributed by atoms with Gasteiger partial charge >= 0.3 is 5.97 Å². The van der Waals surface area contributed by atoms with Gasteiger partial charge in [0.2, 0.25) is 5.91 Å². The molecule has 1 amide bonds. The molecule has 0 spiro atoms. The molecule has 1 aliphatic heterocycles. The lowest BCUT2D eigenvalue weighted by molar-refractivity contribution is -0.117. The molecular weight excluding hydrogens is 337 g/mol. The minimum absolute atomic E-state index is 0.0591. The second-order valence-electron chi connectivity index (χ2n) is 6.16. The van der Waals surface area contributed by atoms with Crippen molar-refractivity contribution in [2.45, 2.75) is 19.8 Å². The van der Waals surface area contributed by atoms with Crippen LogP contribution in [0.3, 0.4) is 0 Å². The largest absolute Gasteiger partial charge is 0.454 e. The minimum Gasteiger partial charge on any atom is -0.454 e. The maximum atomic E-state index is 13.5. The molecule has 6 heteroatoms. The van der Waals surface area contributed by atoms with Crippen molar-refractivity contribution < 1.29 is 23.5 Å². The van der Waals surface area contributed by atoms with Crippen LogP contribution in [-0.4, -0.2) is 30.8 Å². The van der Waals surface area contributed by atoms with Crippen LogP contribution in [0.5, 0.6) is 0 Å². The van der Waals surface area contributed by atoms with Crippen LogP contribution < -0.4 is 4.90 Å². The highest BCUT2D eigenvalue weighted by Gasteiger charge is 2.21. The predicted octanol–water partition coefficient (Wildman–Crippen LogP) is 3.30. The van der Waals surface area contributed by atoms with E-state index < -0.39 is 18.4 Å². The Kier molecular flexibility index (Phi) is 5.11. The van der Waals surface area contributed by atoms with E-state index in [4.69, 9.17) is 4.74 Å². The number of aryl methyl sites for hydroxylation is 1. The zero-order chi connectivity index (χ0) is 18.7. The van der Waals surface area contributed by atoms with Crippen molar-refractivity contribution >= 4 is 23.3 Å². The fourth-order valence-corrected chi connectivity index (χ4v) is 2.77. The average molecular weight is 355 g/mol. The van der Waals surface area contributed by atoms with Gasteiger partial charge < -0.3 is 9.64 Å². The summed E-state index contributed by atoms with van der Waals surface area (Å²) in [6, 6.07) is 10.6. The van der Waals surface area contributed by atoms with Crippen LogP contribution >= 0.6 is 0 Å². The van der Waals surface area contributed by atoms with E-state index in [1.807, 2.05) is 0 Å². The second-order valence-corrected chi connectivity index (χ2v) is 6.16. The van der Waals surface area contributed by atoms with Crippen molar-refractivity contribution in [3.8, 4) is 0 Å². The van der Waals surface area contributed by atoms with Gasteiger partial charge in [-0.05, 0) is 55.3 Å². The van der Waals surface area contributed by atoms with Gasteiger partial charge in [0.1, 0.15) is 5.82 Å². The smallest absolute Gasteiger partial charge is 0.338 e. The maximum absolute atomic E-state index is 13.5. The van der Waals surface area contributed by atoms with E-state index in [1.165, 1.54) is 12.1 Å². The summed E-state index contributed by atoms with van der Waals surface area (Å²) in [5.41, 5.74) is 1.61. The van der Waals surface area contributed by atoms with Gasteiger partial charge in [0, 0.05) is 24.2 Å². The monoisotopic (exact) mass is 355 g/mol. The molecule has 0 aliphatic carbocycles. The Morgan fingerprint density at radius 3 is 2.42 bits per heavy atom. The highest BCUT2D eigenvalue weighted by atomic mass is 19.1. The van der Waals surface area contributed by atoms with Crippen LogP contribution in [0.2, 0.25) is 0 Å². The first kappa shape index (κ1) is 17.8. The van der Waals surface area contributed by atoms with E-state index >= 15 is 0 Å². The summed E-state index contributed by atoms with van der Waals surface area (Å²) >= 11 is 0. The van der Waals surface area contributed by atoms with Gasteiger partial charge in [0.15, 0.2) is 12.4 Å². The number of amides is 1. The van der Waals surface area contributed by atoms with E-state index in [0.29, 0.717) is 24.1 Å². The Morgan fingerprint density at radius 2 is 1.81 bits per heavy atom. The fraction of sp³-hybridized carbons (Fsp3) is 0.250. The number of anilines is 1. The van der Waals surface area contributed by atoms with Crippen molar-refractivity contribution in [1.82, 2.24) is 0 Å². The number of Topliss-reactive ketones (excluding diaryl/α,β-unsaturated/α-hetero) is 1. The lowest BCUT2D eigenvalue weighted by Gasteiger charge is -2.15. The topological polar surface area (TPSA) is 63.7 Å². The summed E-state index contributed by atoms with van der Waals surface area (Å²) in [7, 11) is 0. The van der Waals surface area contributed by atoms with Gasteiger partial charge in [-0.2, -0.15) is 0 Å². The molecule has 5 nitrogen and oxygen atoms in total. The van der Waals surface area contributed by atoms with E-state index in [9.17, 15) is 18.8 Å². The summed E-state index contributed by atoms with van der Waals surface area (Å²) < 4.78 is 18.5. The van der Waals surface area contributed by atoms with Crippen molar-refractivity contribution in [1.29, 1.82) is 0 Å². The van der Waals surface area contributed by atoms with Crippen LogP contribution in [0.1, 0.15) is 39.1 Å². The molecule has 0 aromatic heterocycles. The number of esters is 1. The minimum atomic E-state index is -0.753. The third-order valence-electron chi connectivity index (χ3n) is 4.32. The lowest BCUT2D eigenvalue weighted by atomic mass is 10.1. The highest BCUT2D eigenvalue weighted by molar-refractivity contribution is 6.00. The van der Waals surface area contributed by atoms with Crippen LogP contribution in [0.25, 0.3) is 0 Å². The van der Waals surface area contributed by atoms with Gasteiger partial charge in [-0.3, -0.25) is 9.59 Å². The van der Waals surface area contributed by atoms with Crippen molar-refractivity contribution in [3.63, 3.8) is 0 Å². The number of rotatable bonds is 5. The molecule has 134 valence electrons. The molecule has 1 saturated heterocycles. The van der Waals surface area contributed by atoms with Gasteiger partial charge in [0.25, 0.3) is 0 Å². The molecule has 1 aliphatic rings. The molecular formula is C20H18FNO4.